The number of nitrogens with two attached hydrogens (primary N) is 1. The molecule has 0 aliphatic heterocycles. The van der Waals surface area contributed by atoms with E-state index in [0.717, 1.165) is 5.56 Å². The third-order valence-electron chi connectivity index (χ3n) is 2.86. The minimum absolute atomic E-state index is 0.204. The van der Waals surface area contributed by atoms with Crippen molar-refractivity contribution in [1.29, 1.82) is 0 Å². The Morgan fingerprint density at radius 2 is 1.80 bits per heavy atom. The summed E-state index contributed by atoms with van der Waals surface area (Å²) < 4.78 is 27.4. The highest BCUT2D eigenvalue weighted by Gasteiger charge is 2.18. The van der Waals surface area contributed by atoms with Crippen LogP contribution in [-0.4, -0.2) is 8.42 Å². The van der Waals surface area contributed by atoms with Crippen LogP contribution in [0.3, 0.4) is 0 Å². The molecule has 106 valence electrons. The van der Waals surface area contributed by atoms with Crippen LogP contribution in [0.5, 0.6) is 0 Å². The SMILES string of the molecule is CCc1ccc(N)cc1S(=O)(=O)Nc1ccc(Cl)cc1. The van der Waals surface area contributed by atoms with Crippen LogP contribution in [0.4, 0.5) is 11.4 Å². The average molecular weight is 311 g/mol. The van der Waals surface area contributed by atoms with Gasteiger partial charge >= 0.3 is 0 Å². The lowest BCUT2D eigenvalue weighted by molar-refractivity contribution is 0.600. The Bertz CT molecular complexity index is 712. The van der Waals surface area contributed by atoms with Gasteiger partial charge in [-0.25, -0.2) is 8.42 Å². The van der Waals surface area contributed by atoms with Gasteiger partial charge in [0.05, 0.1) is 4.90 Å². The lowest BCUT2D eigenvalue weighted by Gasteiger charge is -2.12. The Balaban J connectivity index is 2.40. The molecular weight excluding hydrogens is 296 g/mol. The molecule has 0 aliphatic carbocycles. The minimum atomic E-state index is -3.66. The molecule has 2 aromatic rings. The molecule has 0 heterocycles. The standard InChI is InChI=1S/C14H15ClN2O2S/c1-2-10-3-6-12(16)9-14(10)20(18,19)17-13-7-4-11(15)5-8-13/h3-9,17H,2,16H2,1H3. The van der Waals surface area contributed by atoms with E-state index in [2.05, 4.69) is 4.72 Å². The van der Waals surface area contributed by atoms with E-state index >= 15 is 0 Å². The molecule has 20 heavy (non-hydrogen) atoms. The van der Waals surface area contributed by atoms with Gasteiger partial charge < -0.3 is 5.73 Å². The van der Waals surface area contributed by atoms with Gasteiger partial charge in [-0.15, -0.1) is 0 Å². The molecule has 0 radical (unpaired) electrons. The van der Waals surface area contributed by atoms with Gasteiger partial charge in [0.15, 0.2) is 0 Å². The van der Waals surface area contributed by atoms with E-state index in [4.69, 9.17) is 17.3 Å². The maximum absolute atomic E-state index is 12.4. The number of hydrogen-bond acceptors (Lipinski definition) is 3. The zero-order valence-electron chi connectivity index (χ0n) is 10.9. The normalized spacial score (nSPS) is 11.3. The highest BCUT2D eigenvalue weighted by molar-refractivity contribution is 7.92. The van der Waals surface area contributed by atoms with Crippen LogP contribution in [0.2, 0.25) is 5.02 Å². The van der Waals surface area contributed by atoms with Crippen LogP contribution in [-0.2, 0) is 16.4 Å². The smallest absolute Gasteiger partial charge is 0.262 e. The van der Waals surface area contributed by atoms with Gasteiger partial charge in [0.25, 0.3) is 10.0 Å². The predicted molar refractivity (Wildman–Crippen MR) is 82.5 cm³/mol. The number of halogens is 1. The number of nitrogens with one attached hydrogen (secondary N) is 1. The Morgan fingerprint density at radius 3 is 2.40 bits per heavy atom. The number of rotatable bonds is 4. The van der Waals surface area contributed by atoms with E-state index in [9.17, 15) is 8.42 Å². The third-order valence-corrected chi connectivity index (χ3v) is 4.57. The number of hydrogen-bond donors (Lipinski definition) is 2. The zero-order valence-corrected chi connectivity index (χ0v) is 12.5. The molecule has 0 aromatic heterocycles. The topological polar surface area (TPSA) is 72.2 Å². The van der Waals surface area contributed by atoms with E-state index in [-0.39, 0.29) is 4.90 Å². The molecule has 0 bridgehead atoms. The van der Waals surface area contributed by atoms with Crippen molar-refractivity contribution >= 4 is 33.0 Å². The summed E-state index contributed by atoms with van der Waals surface area (Å²) in [6.45, 7) is 1.90. The van der Waals surface area contributed by atoms with Crippen LogP contribution in [0, 0.1) is 0 Å². The van der Waals surface area contributed by atoms with Gasteiger partial charge in [0.1, 0.15) is 0 Å². The molecule has 0 saturated carbocycles. The Kier molecular flexibility index (Phi) is 4.20. The highest BCUT2D eigenvalue weighted by Crippen LogP contribution is 2.23. The van der Waals surface area contributed by atoms with Crippen molar-refractivity contribution in [2.45, 2.75) is 18.2 Å². The first-order valence-corrected chi connectivity index (χ1v) is 7.95. The fourth-order valence-corrected chi connectivity index (χ4v) is 3.37. The number of anilines is 2. The Labute approximate surface area is 123 Å². The van der Waals surface area contributed by atoms with Crippen LogP contribution < -0.4 is 10.5 Å². The Hall–Kier alpha value is -1.72. The van der Waals surface area contributed by atoms with Gasteiger partial charge in [-0.1, -0.05) is 24.6 Å². The fraction of sp³-hybridized carbons (Fsp3) is 0.143. The quantitative estimate of drug-likeness (QED) is 0.851. The monoisotopic (exact) mass is 310 g/mol. The van der Waals surface area contributed by atoms with E-state index < -0.39 is 10.0 Å². The molecule has 0 saturated heterocycles. The number of aryl methyl sites for hydroxylation is 1. The second-order valence-corrected chi connectivity index (χ2v) is 6.42. The summed E-state index contributed by atoms with van der Waals surface area (Å²) in [6.07, 6.45) is 0.608. The molecule has 0 unspecified atom stereocenters. The van der Waals surface area contributed by atoms with E-state index in [1.54, 1.807) is 36.4 Å². The van der Waals surface area contributed by atoms with Crippen molar-refractivity contribution in [3.05, 3.63) is 53.1 Å². The molecule has 0 aliphatic rings. The molecule has 3 N–H and O–H groups in total. The summed E-state index contributed by atoms with van der Waals surface area (Å²) >= 11 is 5.77. The lowest BCUT2D eigenvalue weighted by Crippen LogP contribution is -2.15. The van der Waals surface area contributed by atoms with Crippen molar-refractivity contribution in [2.24, 2.45) is 0 Å². The first kappa shape index (κ1) is 14.7. The van der Waals surface area contributed by atoms with Gasteiger partial charge in [0, 0.05) is 16.4 Å². The summed E-state index contributed by atoms with van der Waals surface area (Å²) in [5.41, 5.74) is 7.28. The molecule has 4 nitrogen and oxygen atoms in total. The van der Waals surface area contributed by atoms with Crippen LogP contribution in [0.25, 0.3) is 0 Å². The molecule has 0 atom stereocenters. The molecule has 0 spiro atoms. The van der Waals surface area contributed by atoms with Crippen LogP contribution in [0.1, 0.15) is 12.5 Å². The molecular formula is C14H15ClN2O2S. The molecule has 0 amide bonds. The van der Waals surface area contributed by atoms with E-state index in [1.165, 1.54) is 6.07 Å². The zero-order chi connectivity index (χ0) is 14.8. The summed E-state index contributed by atoms with van der Waals surface area (Å²) in [6, 6.07) is 11.4. The van der Waals surface area contributed by atoms with Gasteiger partial charge in [-0.2, -0.15) is 0 Å². The van der Waals surface area contributed by atoms with Crippen molar-refractivity contribution in [3.8, 4) is 0 Å². The lowest BCUT2D eigenvalue weighted by atomic mass is 10.1. The summed E-state index contributed by atoms with van der Waals surface area (Å²) in [4.78, 5) is 0.204. The summed E-state index contributed by atoms with van der Waals surface area (Å²) in [7, 11) is -3.66. The van der Waals surface area contributed by atoms with E-state index in [0.29, 0.717) is 22.8 Å². The first-order valence-electron chi connectivity index (χ1n) is 6.09. The van der Waals surface area contributed by atoms with Crippen molar-refractivity contribution in [1.82, 2.24) is 0 Å². The predicted octanol–water partition coefficient (Wildman–Crippen LogP) is 3.29. The van der Waals surface area contributed by atoms with Crippen LogP contribution >= 0.6 is 11.6 Å². The van der Waals surface area contributed by atoms with Gasteiger partial charge in [-0.05, 0) is 48.4 Å². The van der Waals surface area contributed by atoms with Gasteiger partial charge in [-0.3, -0.25) is 4.72 Å². The highest BCUT2D eigenvalue weighted by atomic mass is 35.5. The fourth-order valence-electron chi connectivity index (χ4n) is 1.84. The largest absolute Gasteiger partial charge is 0.399 e. The van der Waals surface area contributed by atoms with E-state index in [1.807, 2.05) is 6.92 Å². The second kappa shape index (κ2) is 5.73. The maximum Gasteiger partial charge on any atom is 0.262 e. The second-order valence-electron chi connectivity index (χ2n) is 4.33. The van der Waals surface area contributed by atoms with Crippen molar-refractivity contribution < 1.29 is 8.42 Å². The molecule has 2 aromatic carbocycles. The summed E-state index contributed by atoms with van der Waals surface area (Å²) in [5, 5.41) is 0.547. The van der Waals surface area contributed by atoms with Crippen molar-refractivity contribution in [3.63, 3.8) is 0 Å². The number of sulfonamides is 1. The van der Waals surface area contributed by atoms with Crippen LogP contribution in [0.15, 0.2) is 47.4 Å². The molecule has 2 rings (SSSR count). The maximum atomic E-state index is 12.4. The first-order chi connectivity index (χ1) is 9.42. The van der Waals surface area contributed by atoms with Gasteiger partial charge in [0.2, 0.25) is 0 Å². The number of benzene rings is 2. The summed E-state index contributed by atoms with van der Waals surface area (Å²) in [5.74, 6) is 0. The molecule has 0 fully saturated rings. The average Bonchev–Trinajstić information content (AvgIpc) is 2.41. The number of nitrogen functional groups attached to an aromatic ring is 1. The molecule has 6 heteroatoms. The Morgan fingerprint density at radius 1 is 1.15 bits per heavy atom. The third kappa shape index (κ3) is 3.23. The van der Waals surface area contributed by atoms with Crippen molar-refractivity contribution in [2.75, 3.05) is 10.5 Å². The minimum Gasteiger partial charge on any atom is -0.399 e.